The summed E-state index contributed by atoms with van der Waals surface area (Å²) in [5.41, 5.74) is 11.2. The molecule has 1 atom stereocenters. The summed E-state index contributed by atoms with van der Waals surface area (Å²) in [6, 6.07) is 10.8. The van der Waals surface area contributed by atoms with Crippen LogP contribution in [0.4, 0.5) is 0 Å². The van der Waals surface area contributed by atoms with E-state index < -0.39 is 0 Å². The first-order chi connectivity index (χ1) is 15.0. The quantitative estimate of drug-likeness (QED) is 0.667. The maximum atomic E-state index is 9.05. The number of carbonyl (C=O) groups is 1. The summed E-state index contributed by atoms with van der Waals surface area (Å²) >= 11 is 0. The second kappa shape index (κ2) is 14.6. The standard InChI is InChI=1S/C21H26O3.C2H5NO.C2H6O/c1-5-24-13-15-11-19(22-3)21(20(12-15)23-4)18-10-9-16-14(2)7-6-8-17(16)18;3-1-2-4;1-3-2/h6-8,11-12,18H,5,9-10,13H2,1-4H3;2H,1,3H2;1-2H3. The lowest BCUT2D eigenvalue weighted by Gasteiger charge is -2.21. The Labute approximate surface area is 186 Å². The Morgan fingerprint density at radius 3 is 2.16 bits per heavy atom. The van der Waals surface area contributed by atoms with E-state index in [9.17, 15) is 0 Å². The SMILES string of the molecule is CCOCc1cc(OC)c(C2CCc3c(C)cccc32)c(OC)c1.COC.NCC=O. The van der Waals surface area contributed by atoms with Crippen LogP contribution < -0.4 is 15.2 Å². The minimum absolute atomic E-state index is 0.139. The number of aldehydes is 1. The van der Waals surface area contributed by atoms with Gasteiger partial charge < -0.3 is 29.5 Å². The predicted molar refractivity (Wildman–Crippen MR) is 124 cm³/mol. The molecule has 0 amide bonds. The van der Waals surface area contributed by atoms with E-state index in [1.807, 2.05) is 6.92 Å². The van der Waals surface area contributed by atoms with E-state index in [1.165, 1.54) is 16.7 Å². The van der Waals surface area contributed by atoms with Crippen LogP contribution in [0.2, 0.25) is 0 Å². The molecule has 6 heteroatoms. The molecule has 0 saturated carbocycles. The maximum Gasteiger partial charge on any atom is 0.133 e. The zero-order valence-corrected chi connectivity index (χ0v) is 19.7. The first kappa shape index (κ1) is 26.6. The predicted octanol–water partition coefficient (Wildman–Crippen LogP) is 4.03. The van der Waals surface area contributed by atoms with Gasteiger partial charge in [0.15, 0.2) is 0 Å². The highest BCUT2D eigenvalue weighted by Gasteiger charge is 2.30. The van der Waals surface area contributed by atoms with Crippen LogP contribution in [-0.2, 0) is 27.3 Å². The van der Waals surface area contributed by atoms with Gasteiger partial charge in [-0.2, -0.15) is 0 Å². The second-order valence-corrected chi connectivity index (χ2v) is 7.10. The summed E-state index contributed by atoms with van der Waals surface area (Å²) < 4.78 is 21.3. The van der Waals surface area contributed by atoms with E-state index in [4.69, 9.17) is 19.0 Å². The lowest BCUT2D eigenvalue weighted by Crippen LogP contribution is -2.05. The fraction of sp³-hybridized carbons (Fsp3) is 0.480. The highest BCUT2D eigenvalue weighted by atomic mass is 16.5. The Morgan fingerprint density at radius 1 is 1.10 bits per heavy atom. The molecule has 2 aromatic carbocycles. The van der Waals surface area contributed by atoms with Gasteiger partial charge in [-0.05, 0) is 61.1 Å². The molecule has 2 N–H and O–H groups in total. The van der Waals surface area contributed by atoms with Crippen LogP contribution in [0.15, 0.2) is 30.3 Å². The molecule has 0 spiro atoms. The van der Waals surface area contributed by atoms with Gasteiger partial charge in [-0.25, -0.2) is 0 Å². The molecule has 3 rings (SSSR count). The molecule has 0 bridgehead atoms. The zero-order valence-electron chi connectivity index (χ0n) is 19.7. The van der Waals surface area contributed by atoms with Crippen molar-refractivity contribution < 1.29 is 23.7 Å². The van der Waals surface area contributed by atoms with Crippen molar-refractivity contribution in [2.24, 2.45) is 5.73 Å². The third kappa shape index (κ3) is 7.35. The van der Waals surface area contributed by atoms with Gasteiger partial charge in [-0.15, -0.1) is 0 Å². The summed E-state index contributed by atoms with van der Waals surface area (Å²) in [7, 11) is 6.71. The lowest BCUT2D eigenvalue weighted by atomic mass is 9.90. The molecule has 0 fully saturated rings. The van der Waals surface area contributed by atoms with Gasteiger partial charge in [0.25, 0.3) is 0 Å². The van der Waals surface area contributed by atoms with Crippen LogP contribution in [-0.4, -0.2) is 47.9 Å². The number of hydrogen-bond donors (Lipinski definition) is 1. The molecular formula is C25H37NO5. The minimum atomic E-state index is 0.139. The number of carbonyl (C=O) groups excluding carboxylic acids is 1. The maximum absolute atomic E-state index is 9.05. The van der Waals surface area contributed by atoms with Gasteiger partial charge in [0, 0.05) is 38.9 Å². The summed E-state index contributed by atoms with van der Waals surface area (Å²) in [5.74, 6) is 2.11. The summed E-state index contributed by atoms with van der Waals surface area (Å²) in [5, 5.41) is 0. The molecule has 2 aromatic rings. The van der Waals surface area contributed by atoms with Crippen molar-refractivity contribution in [2.45, 2.75) is 39.2 Å². The normalized spacial score (nSPS) is 13.8. The van der Waals surface area contributed by atoms with Crippen LogP contribution in [0.1, 0.15) is 47.1 Å². The number of aryl methyl sites for hydroxylation is 1. The molecule has 1 aliphatic rings. The number of benzene rings is 2. The van der Waals surface area contributed by atoms with Crippen LogP contribution >= 0.6 is 0 Å². The van der Waals surface area contributed by atoms with Crippen molar-refractivity contribution >= 4 is 6.29 Å². The topological polar surface area (TPSA) is 80.0 Å². The number of rotatable bonds is 7. The van der Waals surface area contributed by atoms with Crippen LogP contribution in [0.5, 0.6) is 11.5 Å². The number of hydrogen-bond acceptors (Lipinski definition) is 6. The fourth-order valence-electron chi connectivity index (χ4n) is 3.78. The largest absolute Gasteiger partial charge is 0.496 e. The molecule has 31 heavy (non-hydrogen) atoms. The zero-order chi connectivity index (χ0) is 23.2. The molecule has 0 aliphatic heterocycles. The van der Waals surface area contributed by atoms with E-state index in [0.29, 0.717) is 25.4 Å². The molecule has 172 valence electrons. The Morgan fingerprint density at radius 2 is 1.68 bits per heavy atom. The third-order valence-electron chi connectivity index (χ3n) is 5.03. The average molecular weight is 432 g/mol. The number of fused-ring (bicyclic) bond motifs is 1. The van der Waals surface area contributed by atoms with Gasteiger partial charge in [0.1, 0.15) is 17.8 Å². The molecule has 0 aromatic heterocycles. The number of methoxy groups -OCH3 is 3. The van der Waals surface area contributed by atoms with E-state index in [0.717, 1.165) is 35.5 Å². The number of ether oxygens (including phenoxy) is 4. The smallest absolute Gasteiger partial charge is 0.133 e. The fourth-order valence-corrected chi connectivity index (χ4v) is 3.78. The van der Waals surface area contributed by atoms with E-state index in [-0.39, 0.29) is 6.54 Å². The minimum Gasteiger partial charge on any atom is -0.496 e. The summed E-state index contributed by atoms with van der Waals surface area (Å²) in [6.07, 6.45) is 2.86. The van der Waals surface area contributed by atoms with Crippen molar-refractivity contribution in [1.82, 2.24) is 0 Å². The molecule has 0 saturated heterocycles. The summed E-state index contributed by atoms with van der Waals surface area (Å²) in [4.78, 5) is 9.05. The first-order valence-electron chi connectivity index (χ1n) is 10.5. The van der Waals surface area contributed by atoms with Crippen molar-refractivity contribution in [1.29, 1.82) is 0 Å². The van der Waals surface area contributed by atoms with Gasteiger partial charge in [0.2, 0.25) is 0 Å². The van der Waals surface area contributed by atoms with Crippen LogP contribution in [0.3, 0.4) is 0 Å². The Kier molecular flexibility index (Phi) is 12.5. The Bertz CT molecular complexity index is 781. The molecular weight excluding hydrogens is 394 g/mol. The highest BCUT2D eigenvalue weighted by Crippen LogP contribution is 2.47. The monoisotopic (exact) mass is 431 g/mol. The van der Waals surface area contributed by atoms with E-state index in [2.05, 4.69) is 47.7 Å². The second-order valence-electron chi connectivity index (χ2n) is 7.10. The Balaban J connectivity index is 0.000000604. The van der Waals surface area contributed by atoms with Crippen molar-refractivity contribution in [3.63, 3.8) is 0 Å². The number of nitrogens with two attached hydrogens (primary N) is 1. The van der Waals surface area contributed by atoms with E-state index >= 15 is 0 Å². The van der Waals surface area contributed by atoms with Crippen LogP contribution in [0, 0.1) is 6.92 Å². The van der Waals surface area contributed by atoms with E-state index in [1.54, 1.807) is 28.4 Å². The lowest BCUT2D eigenvalue weighted by molar-refractivity contribution is -0.106. The molecule has 6 nitrogen and oxygen atoms in total. The van der Waals surface area contributed by atoms with Gasteiger partial charge in [-0.3, -0.25) is 0 Å². The van der Waals surface area contributed by atoms with Gasteiger partial charge in [0.05, 0.1) is 20.8 Å². The average Bonchev–Trinajstić information content (AvgIpc) is 3.22. The Hall–Kier alpha value is -2.41. The van der Waals surface area contributed by atoms with Crippen LogP contribution in [0.25, 0.3) is 0 Å². The molecule has 1 aliphatic carbocycles. The highest BCUT2D eigenvalue weighted by molar-refractivity contribution is 5.56. The summed E-state index contributed by atoms with van der Waals surface area (Å²) in [6.45, 7) is 5.60. The first-order valence-corrected chi connectivity index (χ1v) is 10.5. The third-order valence-corrected chi connectivity index (χ3v) is 5.03. The van der Waals surface area contributed by atoms with Gasteiger partial charge >= 0.3 is 0 Å². The van der Waals surface area contributed by atoms with Crippen molar-refractivity contribution in [3.8, 4) is 11.5 Å². The molecule has 1 unspecified atom stereocenters. The van der Waals surface area contributed by atoms with Crippen molar-refractivity contribution in [3.05, 3.63) is 58.1 Å². The van der Waals surface area contributed by atoms with Gasteiger partial charge in [-0.1, -0.05) is 18.2 Å². The van der Waals surface area contributed by atoms with Crippen molar-refractivity contribution in [2.75, 3.05) is 41.6 Å². The molecule has 0 radical (unpaired) electrons. The molecule has 0 heterocycles.